The zero-order chi connectivity index (χ0) is 30.4. The van der Waals surface area contributed by atoms with E-state index in [-0.39, 0.29) is 36.9 Å². The van der Waals surface area contributed by atoms with Crippen LogP contribution < -0.4 is 10.4 Å². The van der Waals surface area contributed by atoms with Crippen LogP contribution in [0.3, 0.4) is 0 Å². The van der Waals surface area contributed by atoms with E-state index in [1.165, 1.54) is 10.4 Å². The van der Waals surface area contributed by atoms with Gasteiger partial charge >= 0.3 is 12.1 Å². The fourth-order valence-electron chi connectivity index (χ4n) is 6.94. The molecular formula is C34H44O7Si. The van der Waals surface area contributed by atoms with Crippen molar-refractivity contribution in [1.82, 2.24) is 0 Å². The zero-order valence-electron chi connectivity index (χ0n) is 25.6. The molecule has 0 amide bonds. The Balaban J connectivity index is 1.60. The third-order valence-corrected chi connectivity index (χ3v) is 13.6. The molecule has 8 heteroatoms. The number of esters is 1. The van der Waals surface area contributed by atoms with Crippen LogP contribution in [0.4, 0.5) is 4.79 Å². The maximum absolute atomic E-state index is 13.2. The summed E-state index contributed by atoms with van der Waals surface area (Å²) in [6, 6.07) is 21.0. The van der Waals surface area contributed by atoms with Crippen LogP contribution in [0.5, 0.6) is 0 Å². The molecule has 1 unspecified atom stereocenters. The van der Waals surface area contributed by atoms with Crippen molar-refractivity contribution in [3.8, 4) is 0 Å². The van der Waals surface area contributed by atoms with Crippen LogP contribution in [0.1, 0.15) is 73.1 Å². The molecule has 4 rings (SSSR count). The van der Waals surface area contributed by atoms with Gasteiger partial charge in [0.2, 0.25) is 0 Å². The highest BCUT2D eigenvalue weighted by atomic mass is 28.4. The van der Waals surface area contributed by atoms with Crippen molar-refractivity contribution in [2.75, 3.05) is 19.8 Å². The lowest BCUT2D eigenvalue weighted by Gasteiger charge is -2.43. The van der Waals surface area contributed by atoms with Gasteiger partial charge in [0.25, 0.3) is 8.32 Å². The van der Waals surface area contributed by atoms with Crippen molar-refractivity contribution in [3.05, 3.63) is 72.3 Å². The predicted octanol–water partition coefficient (Wildman–Crippen LogP) is 5.89. The van der Waals surface area contributed by atoms with Crippen molar-refractivity contribution in [2.24, 2.45) is 5.41 Å². The van der Waals surface area contributed by atoms with Crippen LogP contribution in [0, 0.1) is 5.41 Å². The summed E-state index contributed by atoms with van der Waals surface area (Å²) in [6.07, 6.45) is 4.11. The van der Waals surface area contributed by atoms with E-state index in [0.29, 0.717) is 19.4 Å². The molecule has 0 N–H and O–H groups in total. The maximum atomic E-state index is 13.2. The van der Waals surface area contributed by atoms with Gasteiger partial charge in [-0.25, -0.2) is 4.79 Å². The van der Waals surface area contributed by atoms with Gasteiger partial charge in [0.15, 0.2) is 5.60 Å². The molecule has 0 aromatic heterocycles. The van der Waals surface area contributed by atoms with E-state index in [2.05, 4.69) is 75.4 Å². The van der Waals surface area contributed by atoms with E-state index in [1.54, 1.807) is 6.92 Å². The molecule has 0 saturated carbocycles. The molecule has 2 aromatic carbocycles. The Kier molecular flexibility index (Phi) is 9.78. The normalized spacial score (nSPS) is 22.3. The maximum Gasteiger partial charge on any atom is 0.509 e. The summed E-state index contributed by atoms with van der Waals surface area (Å²) in [4.78, 5) is 37.4. The van der Waals surface area contributed by atoms with E-state index in [1.807, 2.05) is 19.1 Å². The summed E-state index contributed by atoms with van der Waals surface area (Å²) in [6.45, 7) is 11.2. The first kappa shape index (κ1) is 31.7. The van der Waals surface area contributed by atoms with Gasteiger partial charge < -0.3 is 18.6 Å². The lowest BCUT2D eigenvalue weighted by molar-refractivity contribution is -0.145. The largest absolute Gasteiger partial charge is 0.509 e. The highest BCUT2D eigenvalue weighted by Gasteiger charge is 2.53. The first-order chi connectivity index (χ1) is 20.0. The summed E-state index contributed by atoms with van der Waals surface area (Å²) in [5, 5.41) is 2.28. The van der Waals surface area contributed by atoms with Gasteiger partial charge in [-0.2, -0.15) is 0 Å². The lowest BCUT2D eigenvalue weighted by Crippen LogP contribution is -2.66. The Labute approximate surface area is 250 Å². The number of ether oxygens (including phenoxy) is 3. The van der Waals surface area contributed by atoms with Gasteiger partial charge in [0.05, 0.1) is 6.61 Å². The second-order valence-electron chi connectivity index (χ2n) is 12.6. The van der Waals surface area contributed by atoms with E-state index in [4.69, 9.17) is 18.6 Å². The van der Waals surface area contributed by atoms with Crippen molar-refractivity contribution < 1.29 is 33.0 Å². The Morgan fingerprint density at radius 3 is 2.14 bits per heavy atom. The SMILES string of the molecule is CCOC(=O)CC(=O)CC1(CCCO[Si](c2ccccc2)(c2ccccc2)C(C)(C)C)CCC=C1[C@]1(C)COC(=O)O1. The summed E-state index contributed by atoms with van der Waals surface area (Å²) < 4.78 is 23.0. The topological polar surface area (TPSA) is 88.1 Å². The summed E-state index contributed by atoms with van der Waals surface area (Å²) in [5.74, 6) is -0.693. The van der Waals surface area contributed by atoms with Gasteiger partial charge in [-0.05, 0) is 60.5 Å². The number of hydrogen-bond donors (Lipinski definition) is 0. The molecule has 2 aromatic rings. The second kappa shape index (κ2) is 13.0. The van der Waals surface area contributed by atoms with Crippen LogP contribution in [-0.4, -0.2) is 51.6 Å². The fraction of sp³-hybridized carbons (Fsp3) is 0.500. The number of carbonyl (C=O) groups excluding carboxylic acids is 3. The van der Waals surface area contributed by atoms with E-state index in [0.717, 1.165) is 18.4 Å². The second-order valence-corrected chi connectivity index (χ2v) is 16.9. The summed E-state index contributed by atoms with van der Waals surface area (Å²) >= 11 is 0. The average molecular weight is 593 g/mol. The van der Waals surface area contributed by atoms with Gasteiger partial charge in [-0.3, -0.25) is 9.59 Å². The molecule has 1 fully saturated rings. The molecular weight excluding hydrogens is 548 g/mol. The first-order valence-corrected chi connectivity index (χ1v) is 16.9. The molecule has 0 bridgehead atoms. The average Bonchev–Trinajstić information content (AvgIpc) is 3.52. The van der Waals surface area contributed by atoms with Gasteiger partial charge in [0, 0.05) is 18.4 Å². The smallest absolute Gasteiger partial charge is 0.466 e. The summed E-state index contributed by atoms with van der Waals surface area (Å²) in [7, 11) is -2.71. The predicted molar refractivity (Wildman–Crippen MR) is 164 cm³/mol. The number of cyclic esters (lactones) is 2. The van der Waals surface area contributed by atoms with E-state index < -0.39 is 31.5 Å². The Bertz CT molecular complexity index is 1240. The van der Waals surface area contributed by atoms with Crippen molar-refractivity contribution in [3.63, 3.8) is 0 Å². The number of hydrogen-bond acceptors (Lipinski definition) is 7. The van der Waals surface area contributed by atoms with Gasteiger partial charge in [0.1, 0.15) is 18.8 Å². The van der Waals surface area contributed by atoms with Crippen molar-refractivity contribution in [1.29, 1.82) is 0 Å². The molecule has 226 valence electrons. The number of allylic oxidation sites excluding steroid dienone is 1. The Hall–Kier alpha value is -3.23. The third kappa shape index (κ3) is 6.55. The van der Waals surface area contributed by atoms with Crippen LogP contribution in [0.15, 0.2) is 72.3 Å². The minimum Gasteiger partial charge on any atom is -0.466 e. The zero-order valence-corrected chi connectivity index (χ0v) is 26.6. The number of carbonyl (C=O) groups is 3. The monoisotopic (exact) mass is 592 g/mol. The van der Waals surface area contributed by atoms with E-state index >= 15 is 0 Å². The highest BCUT2D eigenvalue weighted by Crippen LogP contribution is 2.52. The minimum absolute atomic E-state index is 0.101. The van der Waals surface area contributed by atoms with Crippen LogP contribution >= 0.6 is 0 Å². The number of benzene rings is 2. The quantitative estimate of drug-likeness (QED) is 0.0943. The Morgan fingerprint density at radius 1 is 1.00 bits per heavy atom. The molecule has 2 aliphatic rings. The third-order valence-electron chi connectivity index (χ3n) is 8.60. The summed E-state index contributed by atoms with van der Waals surface area (Å²) in [5.41, 5.74) is -0.610. The molecule has 2 atom stereocenters. The molecule has 1 heterocycles. The van der Waals surface area contributed by atoms with Crippen molar-refractivity contribution >= 4 is 36.6 Å². The minimum atomic E-state index is -2.71. The molecule has 1 saturated heterocycles. The van der Waals surface area contributed by atoms with Crippen molar-refractivity contribution in [2.45, 2.75) is 83.8 Å². The first-order valence-electron chi connectivity index (χ1n) is 14.9. The molecule has 0 radical (unpaired) electrons. The molecule has 7 nitrogen and oxygen atoms in total. The van der Waals surface area contributed by atoms with Gasteiger partial charge in [-0.15, -0.1) is 0 Å². The van der Waals surface area contributed by atoms with Crippen LogP contribution in [0.25, 0.3) is 0 Å². The fourth-order valence-corrected chi connectivity index (χ4v) is 11.5. The van der Waals surface area contributed by atoms with Crippen LogP contribution in [0.2, 0.25) is 5.04 Å². The standard InChI is InChI=1S/C34H44O7Si/c1-6-38-30(36)23-26(35)24-34(20-13-19-29(34)33(5)25-39-31(37)41-33)21-14-22-40-42(32(2,3)4,27-15-9-7-10-16-27)28-17-11-8-12-18-28/h7-12,15-19H,6,13-14,20-25H2,1-5H3/t33-,34?/m0/s1. The molecule has 42 heavy (non-hydrogen) atoms. The molecule has 1 aliphatic carbocycles. The Morgan fingerprint density at radius 2 is 1.62 bits per heavy atom. The molecule has 1 aliphatic heterocycles. The number of rotatable bonds is 13. The number of ketones is 1. The molecule has 0 spiro atoms. The van der Waals surface area contributed by atoms with Crippen LogP contribution in [-0.2, 0) is 28.2 Å². The lowest BCUT2D eigenvalue weighted by atomic mass is 9.68. The highest BCUT2D eigenvalue weighted by molar-refractivity contribution is 6.99. The number of Topliss-reactive ketones (excluding diaryl/α,β-unsaturated/α-hetero) is 1. The van der Waals surface area contributed by atoms with E-state index in [9.17, 15) is 14.4 Å². The van der Waals surface area contributed by atoms with Gasteiger partial charge in [-0.1, -0.05) is 87.5 Å².